The van der Waals surface area contributed by atoms with Crippen molar-refractivity contribution in [3.63, 3.8) is 0 Å². The van der Waals surface area contributed by atoms with Gasteiger partial charge in [-0.15, -0.1) is 0 Å². The van der Waals surface area contributed by atoms with Crippen molar-refractivity contribution in [2.24, 2.45) is 0 Å². The van der Waals surface area contributed by atoms with Crippen LogP contribution >= 0.6 is 0 Å². The summed E-state index contributed by atoms with van der Waals surface area (Å²) in [5, 5.41) is 13.9. The highest BCUT2D eigenvalue weighted by Gasteiger charge is 2.24. The normalized spacial score (nSPS) is 10.2. The van der Waals surface area contributed by atoms with Crippen LogP contribution < -0.4 is 5.32 Å². The van der Waals surface area contributed by atoms with E-state index in [1.165, 1.54) is 17.0 Å². The molecule has 0 aliphatic heterocycles. The molecule has 110 valence electrons. The van der Waals surface area contributed by atoms with Crippen molar-refractivity contribution in [2.75, 3.05) is 39.2 Å². The molecule has 0 atom stereocenters. The predicted molar refractivity (Wildman–Crippen MR) is 76.1 cm³/mol. The van der Waals surface area contributed by atoms with E-state index in [0.717, 1.165) is 0 Å². The number of rotatable bonds is 7. The maximum atomic E-state index is 12.4. The van der Waals surface area contributed by atoms with Crippen LogP contribution in [0.25, 0.3) is 0 Å². The molecule has 0 saturated heterocycles. The number of methoxy groups -OCH3 is 1. The van der Waals surface area contributed by atoms with Crippen molar-refractivity contribution in [1.29, 1.82) is 0 Å². The molecular formula is C13H19N3O4. The number of hydrogen-bond donors (Lipinski definition) is 1. The fourth-order valence-electron chi connectivity index (χ4n) is 1.80. The van der Waals surface area contributed by atoms with E-state index in [1.807, 2.05) is 6.92 Å². The Bertz CT molecular complexity index is 491. The van der Waals surface area contributed by atoms with Gasteiger partial charge in [-0.05, 0) is 19.1 Å². The molecule has 20 heavy (non-hydrogen) atoms. The largest absolute Gasteiger partial charge is 0.388 e. The SMILES string of the molecule is CCN(CCOC)C(=O)c1cc(NC)ccc1[N+](=O)[O-]. The Balaban J connectivity index is 3.13. The molecule has 7 heteroatoms. The second kappa shape index (κ2) is 7.44. The molecule has 1 N–H and O–H groups in total. The molecule has 0 bridgehead atoms. The number of amides is 1. The van der Waals surface area contributed by atoms with Crippen LogP contribution in [0.1, 0.15) is 17.3 Å². The Morgan fingerprint density at radius 2 is 2.20 bits per heavy atom. The average Bonchev–Trinajstić information content (AvgIpc) is 2.46. The highest BCUT2D eigenvalue weighted by atomic mass is 16.6. The van der Waals surface area contributed by atoms with Crippen molar-refractivity contribution < 1.29 is 14.5 Å². The Kier molecular flexibility index (Phi) is 5.92. The first kappa shape index (κ1) is 15.9. The summed E-state index contributed by atoms with van der Waals surface area (Å²) in [5.74, 6) is -0.367. The number of ether oxygens (including phenoxy) is 1. The summed E-state index contributed by atoms with van der Waals surface area (Å²) in [6, 6.07) is 4.40. The highest BCUT2D eigenvalue weighted by Crippen LogP contribution is 2.24. The van der Waals surface area contributed by atoms with Crippen LogP contribution in [0.5, 0.6) is 0 Å². The maximum absolute atomic E-state index is 12.4. The minimum Gasteiger partial charge on any atom is -0.388 e. The van der Waals surface area contributed by atoms with Gasteiger partial charge in [-0.2, -0.15) is 0 Å². The lowest BCUT2D eigenvalue weighted by atomic mass is 10.1. The number of anilines is 1. The van der Waals surface area contributed by atoms with Gasteiger partial charge < -0.3 is 15.0 Å². The van der Waals surface area contributed by atoms with Gasteiger partial charge in [-0.1, -0.05) is 0 Å². The van der Waals surface area contributed by atoms with Crippen LogP contribution in [-0.4, -0.2) is 49.6 Å². The number of nitrogens with zero attached hydrogens (tertiary/aromatic N) is 2. The number of benzene rings is 1. The van der Waals surface area contributed by atoms with Crippen molar-refractivity contribution in [3.8, 4) is 0 Å². The van der Waals surface area contributed by atoms with Crippen molar-refractivity contribution in [2.45, 2.75) is 6.92 Å². The number of likely N-dealkylation sites (N-methyl/N-ethyl adjacent to an activating group) is 1. The molecule has 1 amide bonds. The Labute approximate surface area is 117 Å². The molecule has 7 nitrogen and oxygen atoms in total. The second-order valence-electron chi connectivity index (χ2n) is 4.12. The average molecular weight is 281 g/mol. The van der Waals surface area contributed by atoms with E-state index in [4.69, 9.17) is 4.74 Å². The number of nitrogens with one attached hydrogen (secondary N) is 1. The Hall–Kier alpha value is -2.15. The van der Waals surface area contributed by atoms with Gasteiger partial charge in [0.2, 0.25) is 0 Å². The number of hydrogen-bond acceptors (Lipinski definition) is 5. The smallest absolute Gasteiger partial charge is 0.282 e. The fraction of sp³-hybridized carbons (Fsp3) is 0.462. The minimum atomic E-state index is -0.545. The van der Waals surface area contributed by atoms with E-state index in [1.54, 1.807) is 20.2 Å². The first-order valence-corrected chi connectivity index (χ1v) is 6.29. The van der Waals surface area contributed by atoms with Gasteiger partial charge in [-0.25, -0.2) is 0 Å². The van der Waals surface area contributed by atoms with E-state index in [0.29, 0.717) is 25.4 Å². The molecular weight excluding hydrogens is 262 g/mol. The molecule has 0 fully saturated rings. The van der Waals surface area contributed by atoms with Gasteiger partial charge in [-0.3, -0.25) is 14.9 Å². The topological polar surface area (TPSA) is 84.7 Å². The molecule has 1 rings (SSSR count). The summed E-state index contributed by atoms with van der Waals surface area (Å²) in [5.41, 5.74) is 0.548. The third-order valence-electron chi connectivity index (χ3n) is 2.95. The zero-order chi connectivity index (χ0) is 15.1. The molecule has 1 aromatic rings. The van der Waals surface area contributed by atoms with Crippen LogP contribution in [0.3, 0.4) is 0 Å². The van der Waals surface area contributed by atoms with Gasteiger partial charge >= 0.3 is 0 Å². The van der Waals surface area contributed by atoms with Crippen LogP contribution in [0.15, 0.2) is 18.2 Å². The summed E-state index contributed by atoms with van der Waals surface area (Å²) in [6.07, 6.45) is 0. The zero-order valence-corrected chi connectivity index (χ0v) is 11.9. The quantitative estimate of drug-likeness (QED) is 0.608. The van der Waals surface area contributed by atoms with Gasteiger partial charge in [0.05, 0.1) is 11.5 Å². The van der Waals surface area contributed by atoms with Crippen molar-refractivity contribution >= 4 is 17.3 Å². The van der Waals surface area contributed by atoms with E-state index >= 15 is 0 Å². The van der Waals surface area contributed by atoms with E-state index < -0.39 is 4.92 Å². The maximum Gasteiger partial charge on any atom is 0.282 e. The van der Waals surface area contributed by atoms with Crippen LogP contribution in [0.4, 0.5) is 11.4 Å². The van der Waals surface area contributed by atoms with E-state index in [-0.39, 0.29) is 17.2 Å². The van der Waals surface area contributed by atoms with Gasteiger partial charge in [0.1, 0.15) is 5.56 Å². The molecule has 0 heterocycles. The molecule has 0 spiro atoms. The summed E-state index contributed by atoms with van der Waals surface area (Å²) in [6.45, 7) is 3.07. The monoisotopic (exact) mass is 281 g/mol. The lowest BCUT2D eigenvalue weighted by molar-refractivity contribution is -0.385. The summed E-state index contributed by atoms with van der Waals surface area (Å²) < 4.78 is 4.94. The van der Waals surface area contributed by atoms with Crippen molar-refractivity contribution in [1.82, 2.24) is 4.90 Å². The standard InChI is InChI=1S/C13H19N3O4/c1-4-15(7-8-20-3)13(17)11-9-10(14-2)5-6-12(11)16(18)19/h5-6,9,14H,4,7-8H2,1-3H3. The summed E-state index contributed by atoms with van der Waals surface area (Å²) in [7, 11) is 3.24. The van der Waals surface area contributed by atoms with Gasteiger partial charge in [0.15, 0.2) is 0 Å². The van der Waals surface area contributed by atoms with Crippen LogP contribution in [0, 0.1) is 10.1 Å². The fourth-order valence-corrected chi connectivity index (χ4v) is 1.80. The van der Waals surface area contributed by atoms with Crippen LogP contribution in [0.2, 0.25) is 0 Å². The van der Waals surface area contributed by atoms with E-state index in [9.17, 15) is 14.9 Å². The molecule has 0 radical (unpaired) electrons. The Morgan fingerprint density at radius 1 is 1.50 bits per heavy atom. The van der Waals surface area contributed by atoms with Gasteiger partial charge in [0.25, 0.3) is 11.6 Å². The molecule has 0 aliphatic rings. The third kappa shape index (κ3) is 3.67. The van der Waals surface area contributed by atoms with Crippen LogP contribution in [-0.2, 0) is 4.74 Å². The van der Waals surface area contributed by atoms with Crippen molar-refractivity contribution in [3.05, 3.63) is 33.9 Å². The van der Waals surface area contributed by atoms with E-state index in [2.05, 4.69) is 5.32 Å². The molecule has 0 saturated carbocycles. The van der Waals surface area contributed by atoms with Gasteiger partial charge in [0, 0.05) is 39.0 Å². The number of carbonyl (C=O) groups is 1. The lowest BCUT2D eigenvalue weighted by Gasteiger charge is -2.20. The minimum absolute atomic E-state index is 0.0832. The third-order valence-corrected chi connectivity index (χ3v) is 2.95. The molecule has 0 aromatic heterocycles. The molecule has 0 aliphatic carbocycles. The first-order valence-electron chi connectivity index (χ1n) is 6.29. The first-order chi connectivity index (χ1) is 9.54. The molecule has 0 unspecified atom stereocenters. The molecule has 1 aromatic carbocycles. The zero-order valence-electron chi connectivity index (χ0n) is 11.9. The second-order valence-corrected chi connectivity index (χ2v) is 4.12. The number of nitro groups is 1. The number of carbonyl (C=O) groups excluding carboxylic acids is 1. The lowest BCUT2D eigenvalue weighted by Crippen LogP contribution is -2.34. The highest BCUT2D eigenvalue weighted by molar-refractivity contribution is 5.99. The number of nitro benzene ring substituents is 1. The predicted octanol–water partition coefficient (Wildman–Crippen LogP) is 1.74. The summed E-state index contributed by atoms with van der Waals surface area (Å²) in [4.78, 5) is 24.4. The Morgan fingerprint density at radius 3 is 2.70 bits per heavy atom. The summed E-state index contributed by atoms with van der Waals surface area (Å²) >= 11 is 0.